The number of halogens is 4. The Hall–Kier alpha value is -4.36. The lowest BCUT2D eigenvalue weighted by Crippen LogP contribution is -2.36. The molecule has 41 heavy (non-hydrogen) atoms. The topological polar surface area (TPSA) is 102 Å². The van der Waals surface area contributed by atoms with Crippen LogP contribution in [-0.4, -0.2) is 92.1 Å². The van der Waals surface area contributed by atoms with Crippen molar-refractivity contribution in [1.82, 2.24) is 9.80 Å². The second kappa shape index (κ2) is 9.63. The van der Waals surface area contributed by atoms with Gasteiger partial charge in [-0.1, -0.05) is 0 Å². The molecular weight excluding hydrogens is 552 g/mol. The highest BCUT2D eigenvalue weighted by atomic mass is 19.3. The van der Waals surface area contributed by atoms with Gasteiger partial charge in [0.05, 0.1) is 61.9 Å². The van der Waals surface area contributed by atoms with E-state index in [1.807, 2.05) is 0 Å². The van der Waals surface area contributed by atoms with Crippen molar-refractivity contribution in [2.24, 2.45) is 9.98 Å². The highest BCUT2D eigenvalue weighted by molar-refractivity contribution is 6.04. The predicted molar refractivity (Wildman–Crippen MR) is 137 cm³/mol. The van der Waals surface area contributed by atoms with Gasteiger partial charge in [-0.05, 0) is 12.1 Å². The molecule has 10 nitrogen and oxygen atoms in total. The smallest absolute Gasteiger partial charge is 0.267 e. The summed E-state index contributed by atoms with van der Waals surface area (Å²) in [5.74, 6) is -6.50. The van der Waals surface area contributed by atoms with Crippen molar-refractivity contribution in [3.05, 3.63) is 35.4 Å². The molecule has 4 heterocycles. The molecule has 0 N–H and O–H groups in total. The number of amides is 2. The monoisotopic (exact) mass is 576 g/mol. The molecule has 14 heteroatoms. The molecule has 4 aliphatic heterocycles. The fraction of sp³-hybridized carbons (Fsp3) is 0.407. The number of alkyl halides is 4. The summed E-state index contributed by atoms with van der Waals surface area (Å²) in [6.45, 7) is -1.76. The van der Waals surface area contributed by atoms with Gasteiger partial charge in [0.25, 0.3) is 23.7 Å². The number of carbonyl (C=O) groups is 2. The molecule has 0 unspecified atom stereocenters. The predicted octanol–water partition coefficient (Wildman–Crippen LogP) is 4.25. The molecule has 4 aliphatic rings. The van der Waals surface area contributed by atoms with E-state index < -0.39 is 61.7 Å². The zero-order valence-corrected chi connectivity index (χ0v) is 21.9. The van der Waals surface area contributed by atoms with E-state index in [9.17, 15) is 27.2 Å². The summed E-state index contributed by atoms with van der Waals surface area (Å²) in [6, 6.07) is 4.00. The first-order valence-electron chi connectivity index (χ1n) is 12.6. The van der Waals surface area contributed by atoms with Crippen LogP contribution >= 0.6 is 0 Å². The molecule has 2 aromatic rings. The van der Waals surface area contributed by atoms with Gasteiger partial charge in [0.1, 0.15) is 0 Å². The second-order valence-electron chi connectivity index (χ2n) is 10.1. The molecule has 0 saturated carbocycles. The van der Waals surface area contributed by atoms with Crippen molar-refractivity contribution in [1.29, 1.82) is 0 Å². The summed E-state index contributed by atoms with van der Waals surface area (Å²) in [4.78, 5) is 36.7. The van der Waals surface area contributed by atoms with Crippen LogP contribution in [0.5, 0.6) is 23.0 Å². The summed E-state index contributed by atoms with van der Waals surface area (Å²) in [5.41, 5.74) is 0.648. The molecule has 0 bridgehead atoms. The Labute approximate surface area is 231 Å². The van der Waals surface area contributed by atoms with Crippen LogP contribution in [0.2, 0.25) is 0 Å². The molecule has 0 radical (unpaired) electrons. The fourth-order valence-corrected chi connectivity index (χ4v) is 5.40. The maximum absolute atomic E-state index is 13.9. The third kappa shape index (κ3) is 4.80. The molecule has 2 saturated heterocycles. The van der Waals surface area contributed by atoms with Crippen molar-refractivity contribution < 1.29 is 46.1 Å². The minimum absolute atomic E-state index is 0.0970. The van der Waals surface area contributed by atoms with Gasteiger partial charge >= 0.3 is 0 Å². The molecule has 2 amide bonds. The van der Waals surface area contributed by atoms with E-state index in [0.29, 0.717) is 0 Å². The first-order chi connectivity index (χ1) is 19.5. The number of hydrogen-bond acceptors (Lipinski definition) is 8. The van der Waals surface area contributed by atoms with Gasteiger partial charge in [-0.3, -0.25) is 19.6 Å². The van der Waals surface area contributed by atoms with E-state index in [1.165, 1.54) is 50.9 Å². The van der Waals surface area contributed by atoms with E-state index in [4.69, 9.17) is 18.9 Å². The largest absolute Gasteiger partial charge is 0.493 e. The third-order valence-corrected chi connectivity index (χ3v) is 7.37. The number of benzene rings is 2. The average Bonchev–Trinajstić information content (AvgIpc) is 3.35. The Morgan fingerprint density at radius 2 is 1.15 bits per heavy atom. The van der Waals surface area contributed by atoms with Gasteiger partial charge in [0.15, 0.2) is 23.0 Å². The molecule has 6 rings (SSSR count). The van der Waals surface area contributed by atoms with Crippen LogP contribution in [0.3, 0.4) is 0 Å². The van der Waals surface area contributed by atoms with Gasteiger partial charge in [-0.25, -0.2) is 17.6 Å². The lowest BCUT2D eigenvalue weighted by Gasteiger charge is -2.20. The summed E-state index contributed by atoms with van der Waals surface area (Å²) in [7, 11) is 2.72. The highest BCUT2D eigenvalue weighted by Crippen LogP contribution is 2.42. The minimum Gasteiger partial charge on any atom is -0.493 e. The Bertz CT molecular complexity index is 1390. The van der Waals surface area contributed by atoms with E-state index in [1.54, 1.807) is 0 Å². The summed E-state index contributed by atoms with van der Waals surface area (Å²) >= 11 is 0. The highest BCUT2D eigenvalue weighted by Gasteiger charge is 2.49. The summed E-state index contributed by atoms with van der Waals surface area (Å²) < 4.78 is 77.9. The molecule has 2 aromatic carbocycles. The number of hydrogen-bond donors (Lipinski definition) is 0. The molecule has 2 fully saturated rings. The minimum atomic E-state index is -2.99. The van der Waals surface area contributed by atoms with Gasteiger partial charge in [-0.2, -0.15) is 0 Å². The standard InChI is InChI=1S/C27H24F4N4O6/c1-38-20-3-16-18(32-9-14-7-26(28,29)11-34(14)24(16)36)5-22(20)40-13-41-23-6-19-17(4-21(23)39-2)25(37)35-12-27(30,31)8-15(35)10-33-19/h3-6,9-10,14-15H,7-8,11-13H2,1-2H3/t14-,15-/m0/s1. The van der Waals surface area contributed by atoms with Gasteiger partial charge in [0, 0.05) is 37.4 Å². The van der Waals surface area contributed by atoms with Gasteiger partial charge in [0.2, 0.25) is 6.79 Å². The van der Waals surface area contributed by atoms with Crippen LogP contribution in [0.4, 0.5) is 28.9 Å². The molecule has 216 valence electrons. The van der Waals surface area contributed by atoms with Crippen molar-refractivity contribution in [3.8, 4) is 23.0 Å². The van der Waals surface area contributed by atoms with E-state index in [0.717, 1.165) is 9.80 Å². The van der Waals surface area contributed by atoms with Crippen molar-refractivity contribution in [2.45, 2.75) is 36.8 Å². The SMILES string of the molecule is COc1cc2c(cc1OCOc1cc3c(cc1OC)C(=O)N1CC(F)(F)C[C@H]1C=N3)N=C[C@@H]1CC(F)(F)CN1C2=O. The molecule has 0 aliphatic carbocycles. The fourth-order valence-electron chi connectivity index (χ4n) is 5.40. The van der Waals surface area contributed by atoms with Crippen molar-refractivity contribution in [3.63, 3.8) is 0 Å². The lowest BCUT2D eigenvalue weighted by molar-refractivity contribution is 0.0116. The quantitative estimate of drug-likeness (QED) is 0.377. The van der Waals surface area contributed by atoms with Crippen LogP contribution in [-0.2, 0) is 0 Å². The number of aliphatic imine (C=N–C) groups is 2. The van der Waals surface area contributed by atoms with Crippen LogP contribution in [0.15, 0.2) is 34.3 Å². The zero-order chi connectivity index (χ0) is 29.1. The Kier molecular flexibility index (Phi) is 6.30. The second-order valence-corrected chi connectivity index (χ2v) is 10.1. The van der Waals surface area contributed by atoms with Crippen molar-refractivity contribution >= 4 is 35.6 Å². The number of carbonyl (C=O) groups excluding carboxylic acids is 2. The number of nitrogens with zero attached hydrogens (tertiary/aromatic N) is 4. The van der Waals surface area contributed by atoms with Gasteiger partial charge < -0.3 is 28.7 Å². The number of methoxy groups -OCH3 is 2. The lowest BCUT2D eigenvalue weighted by atomic mass is 10.1. The number of rotatable bonds is 6. The Balaban J connectivity index is 1.22. The maximum atomic E-state index is 13.9. The van der Waals surface area contributed by atoms with Crippen LogP contribution in [0.1, 0.15) is 33.6 Å². The maximum Gasteiger partial charge on any atom is 0.267 e. The molecule has 0 spiro atoms. The first-order valence-corrected chi connectivity index (χ1v) is 12.6. The first kappa shape index (κ1) is 26.8. The molecule has 0 aromatic heterocycles. The van der Waals surface area contributed by atoms with Gasteiger partial charge in [-0.15, -0.1) is 0 Å². The Morgan fingerprint density at radius 1 is 0.732 bits per heavy atom. The van der Waals surface area contributed by atoms with E-state index in [2.05, 4.69) is 9.98 Å². The number of fused-ring (bicyclic) bond motifs is 4. The molecule has 2 atom stereocenters. The summed E-state index contributed by atoms with van der Waals surface area (Å²) in [5, 5.41) is 0. The van der Waals surface area contributed by atoms with E-state index >= 15 is 0 Å². The summed E-state index contributed by atoms with van der Waals surface area (Å²) in [6.07, 6.45) is 1.64. The van der Waals surface area contributed by atoms with E-state index in [-0.39, 0.29) is 52.3 Å². The third-order valence-electron chi connectivity index (χ3n) is 7.37. The zero-order valence-electron chi connectivity index (χ0n) is 21.9. The molecular formula is C27H24F4N4O6. The normalized spacial score (nSPS) is 23.3. The van der Waals surface area contributed by atoms with Crippen LogP contribution < -0.4 is 18.9 Å². The Morgan fingerprint density at radius 3 is 1.54 bits per heavy atom. The average molecular weight is 577 g/mol. The van der Waals surface area contributed by atoms with Crippen LogP contribution in [0.25, 0.3) is 0 Å². The van der Waals surface area contributed by atoms with Crippen molar-refractivity contribution in [2.75, 3.05) is 34.1 Å². The van der Waals surface area contributed by atoms with Crippen LogP contribution in [0, 0.1) is 0 Å². The number of ether oxygens (including phenoxy) is 4.